The first-order valence-corrected chi connectivity index (χ1v) is 17.6. The highest BCUT2D eigenvalue weighted by Gasteiger charge is 2.41. The van der Waals surface area contributed by atoms with Crippen LogP contribution in [0, 0.1) is 11.8 Å². The van der Waals surface area contributed by atoms with E-state index in [1.54, 1.807) is 29.3 Å². The van der Waals surface area contributed by atoms with Gasteiger partial charge in [0.2, 0.25) is 23.6 Å². The maximum Gasteiger partial charge on any atom is 0.252 e. The Morgan fingerprint density at radius 3 is 2.52 bits per heavy atom. The van der Waals surface area contributed by atoms with Crippen LogP contribution in [0.2, 0.25) is 0 Å². The van der Waals surface area contributed by atoms with Gasteiger partial charge >= 0.3 is 0 Å². The first-order chi connectivity index (χ1) is 24.0. The highest BCUT2D eigenvalue weighted by molar-refractivity contribution is 6.06. The van der Waals surface area contributed by atoms with E-state index >= 15 is 0 Å². The van der Waals surface area contributed by atoms with Crippen molar-refractivity contribution in [2.75, 3.05) is 13.1 Å². The van der Waals surface area contributed by atoms with Gasteiger partial charge in [0.1, 0.15) is 17.8 Å². The van der Waals surface area contributed by atoms with Gasteiger partial charge in [0.05, 0.1) is 11.1 Å². The van der Waals surface area contributed by atoms with Crippen LogP contribution in [-0.2, 0) is 25.6 Å². The molecule has 0 aliphatic carbocycles. The molecule has 50 heavy (non-hydrogen) atoms. The smallest absolute Gasteiger partial charge is 0.252 e. The number of nitrogens with one attached hydrogen (secondary N) is 4. The summed E-state index contributed by atoms with van der Waals surface area (Å²) in [6.45, 7) is 6.41. The second kappa shape index (κ2) is 16.6. The molecule has 2 aromatic carbocycles. The molecule has 1 aromatic heterocycles. The molecule has 5 rings (SSSR count). The van der Waals surface area contributed by atoms with Gasteiger partial charge in [-0.05, 0) is 67.3 Å². The molecular formula is C38H48N6O6. The maximum absolute atomic E-state index is 13.8. The number of benzene rings is 2. The average Bonchev–Trinajstić information content (AvgIpc) is 3.52. The van der Waals surface area contributed by atoms with Crippen LogP contribution in [0.25, 0.3) is 10.9 Å². The number of nitrogens with zero attached hydrogens (tertiary/aromatic N) is 2. The second-order valence-corrected chi connectivity index (χ2v) is 14.0. The number of phenols is 1. The lowest BCUT2D eigenvalue weighted by atomic mass is 9.92. The highest BCUT2D eigenvalue weighted by atomic mass is 16.3. The number of amides is 5. The van der Waals surface area contributed by atoms with Gasteiger partial charge in [-0.1, -0.05) is 51.1 Å². The normalized spacial score (nSPS) is 24.5. The first-order valence-electron chi connectivity index (χ1n) is 17.6. The molecule has 0 saturated carbocycles. The Morgan fingerprint density at radius 1 is 1.00 bits per heavy atom. The van der Waals surface area contributed by atoms with Crippen LogP contribution in [0.3, 0.4) is 0 Å². The number of carbonyl (C=O) groups excluding carboxylic acids is 5. The number of fused-ring (bicyclic) bond motifs is 2. The average molecular weight is 685 g/mol. The number of hydrogen-bond donors (Lipinski definition) is 5. The van der Waals surface area contributed by atoms with Crippen molar-refractivity contribution in [3.8, 4) is 5.75 Å². The summed E-state index contributed by atoms with van der Waals surface area (Å²) in [5, 5.41) is 22.4. The predicted octanol–water partition coefficient (Wildman–Crippen LogP) is 3.22. The number of pyridine rings is 1. The molecule has 0 bridgehead atoms. The van der Waals surface area contributed by atoms with Crippen molar-refractivity contribution in [1.29, 1.82) is 0 Å². The molecule has 266 valence electrons. The van der Waals surface area contributed by atoms with Crippen molar-refractivity contribution < 1.29 is 29.1 Å². The van der Waals surface area contributed by atoms with E-state index in [0.717, 1.165) is 10.9 Å². The number of rotatable bonds is 5. The van der Waals surface area contributed by atoms with Gasteiger partial charge in [0.25, 0.3) is 5.91 Å². The summed E-state index contributed by atoms with van der Waals surface area (Å²) >= 11 is 0. The Morgan fingerprint density at radius 2 is 1.76 bits per heavy atom. The first kappa shape index (κ1) is 36.3. The lowest BCUT2D eigenvalue weighted by molar-refractivity contribution is -0.139. The molecule has 12 heteroatoms. The van der Waals surface area contributed by atoms with Crippen molar-refractivity contribution in [3.05, 3.63) is 71.9 Å². The zero-order valence-corrected chi connectivity index (χ0v) is 29.0. The standard InChI is InChI=1S/C38H48N6O6/c1-23(2)30-15-10-24(3)19-34(46)42-32(20-25-11-13-27(45)14-12-25)37(49)40-17-6-9-35(47)44-22-26(21-33(44)38(50)43-30)41-36(48)29-16-18-39-31-8-5-4-7-28(29)31/h4-5,7-8,11-14,16,18,23-24,26,30,32-33,45H,6,9-10,15,17,19-22H2,1-3H3,(H,40,49)(H,41,48)(H,42,46)(H,43,50)/t24-,26-,30+,32+,33+/m1/s1. The fourth-order valence-corrected chi connectivity index (χ4v) is 6.80. The Balaban J connectivity index is 1.32. The molecule has 2 aliphatic heterocycles. The number of hydrogen-bond acceptors (Lipinski definition) is 7. The highest BCUT2D eigenvalue weighted by Crippen LogP contribution is 2.24. The Hall–Kier alpha value is -5.00. The quantitative estimate of drug-likeness (QED) is 0.275. The summed E-state index contributed by atoms with van der Waals surface area (Å²) in [5.41, 5.74) is 1.95. The third-order valence-electron chi connectivity index (χ3n) is 9.68. The van der Waals surface area contributed by atoms with Crippen LogP contribution < -0.4 is 21.3 Å². The van der Waals surface area contributed by atoms with Crippen LogP contribution in [0.5, 0.6) is 5.75 Å². The summed E-state index contributed by atoms with van der Waals surface area (Å²) in [7, 11) is 0. The van der Waals surface area contributed by atoms with Crippen molar-refractivity contribution >= 4 is 40.4 Å². The van der Waals surface area contributed by atoms with E-state index in [0.29, 0.717) is 30.3 Å². The summed E-state index contributed by atoms with van der Waals surface area (Å²) in [5.74, 6) is -1.21. The largest absolute Gasteiger partial charge is 0.508 e. The monoisotopic (exact) mass is 684 g/mol. The Labute approximate surface area is 292 Å². The van der Waals surface area contributed by atoms with Crippen LogP contribution in [0.4, 0.5) is 0 Å². The molecule has 3 aromatic rings. The molecule has 5 N–H and O–H groups in total. The molecule has 2 saturated heterocycles. The summed E-state index contributed by atoms with van der Waals surface area (Å²) in [4.78, 5) is 73.3. The Bertz CT molecular complexity index is 1690. The minimum atomic E-state index is -0.832. The van der Waals surface area contributed by atoms with Crippen molar-refractivity contribution in [1.82, 2.24) is 31.2 Å². The molecule has 5 atom stereocenters. The lowest BCUT2D eigenvalue weighted by Gasteiger charge is -2.29. The predicted molar refractivity (Wildman–Crippen MR) is 189 cm³/mol. The maximum atomic E-state index is 13.8. The topological polar surface area (TPSA) is 170 Å². The van der Waals surface area contributed by atoms with E-state index in [2.05, 4.69) is 26.3 Å². The zero-order valence-electron chi connectivity index (χ0n) is 29.0. The van der Waals surface area contributed by atoms with Gasteiger partial charge < -0.3 is 31.3 Å². The van der Waals surface area contributed by atoms with E-state index in [9.17, 15) is 29.1 Å². The molecule has 0 spiro atoms. The van der Waals surface area contributed by atoms with Gasteiger partial charge in [0.15, 0.2) is 0 Å². The van der Waals surface area contributed by atoms with E-state index in [-0.39, 0.29) is 91.9 Å². The van der Waals surface area contributed by atoms with Crippen LogP contribution in [0.1, 0.15) is 75.2 Å². The van der Waals surface area contributed by atoms with E-state index < -0.39 is 18.1 Å². The van der Waals surface area contributed by atoms with Crippen LogP contribution >= 0.6 is 0 Å². The van der Waals surface area contributed by atoms with Crippen LogP contribution in [-0.4, -0.2) is 81.8 Å². The molecule has 12 nitrogen and oxygen atoms in total. The number of aromatic nitrogens is 1. The molecule has 3 heterocycles. The number of aromatic hydroxyl groups is 1. The number of carbonyl (C=O) groups is 5. The minimum Gasteiger partial charge on any atom is -0.508 e. The van der Waals surface area contributed by atoms with Gasteiger partial charge in [-0.15, -0.1) is 0 Å². The lowest BCUT2D eigenvalue weighted by Crippen LogP contribution is -2.50. The molecule has 0 radical (unpaired) electrons. The Kier molecular flexibility index (Phi) is 12.0. The molecule has 5 amide bonds. The SMILES string of the molecule is CC(C)[C@@H]1CC[C@@H](C)CC(=O)N[C@@H](Cc2ccc(O)cc2)C(=O)NCCCC(=O)N2C[C@H](NC(=O)c3ccnc4ccccc34)C[C@H]2C(=O)N1. The van der Waals surface area contributed by atoms with Gasteiger partial charge in [0, 0.05) is 56.0 Å². The van der Waals surface area contributed by atoms with Crippen LogP contribution in [0.15, 0.2) is 60.8 Å². The van der Waals surface area contributed by atoms with Crippen molar-refractivity contribution in [2.45, 2.75) is 89.9 Å². The minimum absolute atomic E-state index is 0.0159. The third-order valence-corrected chi connectivity index (χ3v) is 9.68. The fraction of sp³-hybridized carbons (Fsp3) is 0.474. The van der Waals surface area contributed by atoms with E-state index in [1.165, 1.54) is 12.1 Å². The van der Waals surface area contributed by atoms with Crippen molar-refractivity contribution in [2.24, 2.45) is 11.8 Å². The van der Waals surface area contributed by atoms with Gasteiger partial charge in [-0.3, -0.25) is 29.0 Å². The van der Waals surface area contributed by atoms with E-state index in [1.807, 2.05) is 45.0 Å². The second-order valence-electron chi connectivity index (χ2n) is 14.0. The summed E-state index contributed by atoms with van der Waals surface area (Å²) < 4.78 is 0. The fourth-order valence-electron chi connectivity index (χ4n) is 6.80. The summed E-state index contributed by atoms with van der Waals surface area (Å²) in [6, 6.07) is 13.3. The summed E-state index contributed by atoms with van der Waals surface area (Å²) in [6.07, 6.45) is 4.01. The van der Waals surface area contributed by atoms with E-state index in [4.69, 9.17) is 0 Å². The molecule has 0 unspecified atom stereocenters. The molecular weight excluding hydrogens is 636 g/mol. The number of phenolic OH excluding ortho intramolecular Hbond substituents is 1. The number of para-hydroxylation sites is 1. The zero-order chi connectivity index (χ0) is 35.8. The van der Waals surface area contributed by atoms with Gasteiger partial charge in [-0.25, -0.2) is 0 Å². The third kappa shape index (κ3) is 9.36. The van der Waals surface area contributed by atoms with Gasteiger partial charge in [-0.2, -0.15) is 0 Å². The van der Waals surface area contributed by atoms with Crippen molar-refractivity contribution in [3.63, 3.8) is 0 Å². The molecule has 2 aliphatic rings. The molecule has 2 fully saturated rings.